The summed E-state index contributed by atoms with van der Waals surface area (Å²) < 4.78 is 13.1. The Balaban J connectivity index is 2.21. The Hall–Kier alpha value is -2.90. The van der Waals surface area contributed by atoms with E-state index < -0.39 is 22.3 Å². The minimum Gasteiger partial charge on any atom is -0.320 e. The van der Waals surface area contributed by atoms with E-state index in [-0.39, 0.29) is 11.4 Å². The molecule has 0 aliphatic carbocycles. The third-order valence-electron chi connectivity index (χ3n) is 2.41. The molecule has 0 spiro atoms. The smallest absolute Gasteiger partial charge is 0.306 e. The molecule has 1 amide bonds. The van der Waals surface area contributed by atoms with Crippen molar-refractivity contribution in [2.45, 2.75) is 6.92 Å². The average Bonchev–Trinajstić information content (AvgIpc) is 2.41. The van der Waals surface area contributed by atoms with Crippen LogP contribution in [-0.4, -0.2) is 20.8 Å². The summed E-state index contributed by atoms with van der Waals surface area (Å²) in [6.07, 6.45) is 2.70. The SMILES string of the molecule is Cc1cnc(C(=O)Nc2ccc(F)c([N+](=O)[O-])c2)cn1. The maximum atomic E-state index is 13.1. The largest absolute Gasteiger partial charge is 0.320 e. The fourth-order valence-electron chi connectivity index (χ4n) is 1.44. The number of rotatable bonds is 3. The van der Waals surface area contributed by atoms with E-state index in [9.17, 15) is 19.3 Å². The fourth-order valence-corrected chi connectivity index (χ4v) is 1.44. The second kappa shape index (κ2) is 5.39. The number of hydrogen-bond acceptors (Lipinski definition) is 5. The zero-order valence-corrected chi connectivity index (χ0v) is 10.3. The Morgan fingerprint density at radius 3 is 2.70 bits per heavy atom. The first kappa shape index (κ1) is 13.5. The number of nitro groups is 1. The molecule has 0 fully saturated rings. The molecule has 2 rings (SSSR count). The molecule has 20 heavy (non-hydrogen) atoms. The monoisotopic (exact) mass is 276 g/mol. The second-order valence-corrected chi connectivity index (χ2v) is 3.92. The number of carbonyl (C=O) groups excluding carboxylic acids is 1. The van der Waals surface area contributed by atoms with Gasteiger partial charge < -0.3 is 5.32 Å². The van der Waals surface area contributed by atoms with Gasteiger partial charge in [0.1, 0.15) is 5.69 Å². The van der Waals surface area contributed by atoms with Crippen LogP contribution in [0.1, 0.15) is 16.2 Å². The number of aryl methyl sites for hydroxylation is 1. The summed E-state index contributed by atoms with van der Waals surface area (Å²) in [4.78, 5) is 29.3. The van der Waals surface area contributed by atoms with Gasteiger partial charge in [0.15, 0.2) is 0 Å². The summed E-state index contributed by atoms with van der Waals surface area (Å²) >= 11 is 0. The van der Waals surface area contributed by atoms with Crippen molar-refractivity contribution < 1.29 is 14.1 Å². The molecule has 0 saturated heterocycles. The van der Waals surface area contributed by atoms with E-state index in [2.05, 4.69) is 15.3 Å². The summed E-state index contributed by atoms with van der Waals surface area (Å²) in [5.74, 6) is -1.55. The number of carbonyl (C=O) groups is 1. The van der Waals surface area contributed by atoms with Crippen LogP contribution in [0.3, 0.4) is 0 Å². The Kier molecular flexibility index (Phi) is 3.65. The van der Waals surface area contributed by atoms with E-state index in [0.717, 1.165) is 12.1 Å². The molecule has 0 bridgehead atoms. The van der Waals surface area contributed by atoms with E-state index in [1.54, 1.807) is 6.92 Å². The lowest BCUT2D eigenvalue weighted by Gasteiger charge is -2.04. The predicted octanol–water partition coefficient (Wildman–Crippen LogP) is 2.08. The third-order valence-corrected chi connectivity index (χ3v) is 2.41. The van der Waals surface area contributed by atoms with E-state index in [0.29, 0.717) is 5.69 Å². The number of aromatic nitrogens is 2. The number of nitrogens with zero attached hydrogens (tertiary/aromatic N) is 3. The number of nitro benzene ring substituents is 1. The van der Waals surface area contributed by atoms with Crippen LogP contribution in [0.2, 0.25) is 0 Å². The van der Waals surface area contributed by atoms with Crippen molar-refractivity contribution in [2.24, 2.45) is 0 Å². The van der Waals surface area contributed by atoms with E-state index in [1.807, 2.05) is 0 Å². The normalized spacial score (nSPS) is 10.1. The second-order valence-electron chi connectivity index (χ2n) is 3.92. The highest BCUT2D eigenvalue weighted by atomic mass is 19.1. The Morgan fingerprint density at radius 2 is 2.10 bits per heavy atom. The topological polar surface area (TPSA) is 98.0 Å². The highest BCUT2D eigenvalue weighted by molar-refractivity contribution is 6.02. The van der Waals surface area contributed by atoms with Crippen molar-refractivity contribution in [3.63, 3.8) is 0 Å². The molecule has 1 N–H and O–H groups in total. The summed E-state index contributed by atoms with van der Waals surface area (Å²) in [6, 6.07) is 3.07. The van der Waals surface area contributed by atoms with Crippen molar-refractivity contribution in [1.29, 1.82) is 0 Å². The lowest BCUT2D eigenvalue weighted by molar-refractivity contribution is -0.387. The molecule has 0 radical (unpaired) electrons. The van der Waals surface area contributed by atoms with Crippen LogP contribution in [-0.2, 0) is 0 Å². The average molecular weight is 276 g/mol. The van der Waals surface area contributed by atoms with Crippen molar-refractivity contribution in [2.75, 3.05) is 5.32 Å². The lowest BCUT2D eigenvalue weighted by Crippen LogP contribution is -2.14. The van der Waals surface area contributed by atoms with Gasteiger partial charge in [-0.15, -0.1) is 0 Å². The maximum Gasteiger partial charge on any atom is 0.306 e. The zero-order chi connectivity index (χ0) is 14.7. The van der Waals surface area contributed by atoms with Crippen molar-refractivity contribution in [3.05, 3.63) is 57.9 Å². The highest BCUT2D eigenvalue weighted by Gasteiger charge is 2.16. The molecule has 8 heteroatoms. The summed E-state index contributed by atoms with van der Waals surface area (Å²) in [7, 11) is 0. The molecule has 0 aliphatic heterocycles. The van der Waals surface area contributed by atoms with Gasteiger partial charge in [0.2, 0.25) is 5.82 Å². The van der Waals surface area contributed by atoms with Crippen LogP contribution in [0.5, 0.6) is 0 Å². The van der Waals surface area contributed by atoms with Gasteiger partial charge in [0, 0.05) is 18.0 Å². The van der Waals surface area contributed by atoms with Gasteiger partial charge in [-0.05, 0) is 19.1 Å². The molecule has 0 saturated carbocycles. The van der Waals surface area contributed by atoms with Crippen molar-refractivity contribution in [1.82, 2.24) is 9.97 Å². The molecule has 0 aliphatic rings. The number of halogens is 1. The molecule has 102 valence electrons. The van der Waals surface area contributed by atoms with Crippen LogP contribution in [0.25, 0.3) is 0 Å². The zero-order valence-electron chi connectivity index (χ0n) is 10.3. The molecule has 7 nitrogen and oxygen atoms in total. The number of hydrogen-bond donors (Lipinski definition) is 1. The van der Waals surface area contributed by atoms with Gasteiger partial charge in [0.25, 0.3) is 5.91 Å². The van der Waals surface area contributed by atoms with Crippen LogP contribution >= 0.6 is 0 Å². The van der Waals surface area contributed by atoms with Crippen LogP contribution < -0.4 is 5.32 Å². The molecular formula is C12H9FN4O3. The standard InChI is InChI=1S/C12H9FN4O3/c1-7-5-15-10(6-14-7)12(18)16-8-2-3-9(13)11(4-8)17(19)20/h2-6H,1H3,(H,16,18). The summed E-state index contributed by atoms with van der Waals surface area (Å²) in [6.45, 7) is 1.72. The Bertz CT molecular complexity index is 673. The molecule has 0 unspecified atom stereocenters. The molecule has 1 aromatic heterocycles. The molecule has 2 aromatic rings. The van der Waals surface area contributed by atoms with Crippen molar-refractivity contribution >= 4 is 17.3 Å². The fraction of sp³-hybridized carbons (Fsp3) is 0.0833. The molecule has 1 heterocycles. The summed E-state index contributed by atoms with van der Waals surface area (Å²) in [5, 5.41) is 13.0. The third kappa shape index (κ3) is 2.91. The Labute approximate surface area is 112 Å². The van der Waals surface area contributed by atoms with E-state index >= 15 is 0 Å². The first-order valence-corrected chi connectivity index (χ1v) is 5.51. The van der Waals surface area contributed by atoms with E-state index in [4.69, 9.17) is 0 Å². The predicted molar refractivity (Wildman–Crippen MR) is 67.8 cm³/mol. The minimum absolute atomic E-state index is 0.0579. The molecule has 0 atom stereocenters. The quantitative estimate of drug-likeness (QED) is 0.683. The highest BCUT2D eigenvalue weighted by Crippen LogP contribution is 2.21. The lowest BCUT2D eigenvalue weighted by atomic mass is 10.2. The van der Waals surface area contributed by atoms with Crippen LogP contribution in [0, 0.1) is 22.9 Å². The van der Waals surface area contributed by atoms with Crippen molar-refractivity contribution in [3.8, 4) is 0 Å². The number of nitrogens with one attached hydrogen (secondary N) is 1. The van der Waals surface area contributed by atoms with Gasteiger partial charge in [-0.3, -0.25) is 19.9 Å². The summed E-state index contributed by atoms with van der Waals surface area (Å²) in [5.41, 5.74) is 0.102. The van der Waals surface area contributed by atoms with Gasteiger partial charge in [-0.1, -0.05) is 0 Å². The number of amides is 1. The van der Waals surface area contributed by atoms with Crippen LogP contribution in [0.4, 0.5) is 15.8 Å². The molecular weight excluding hydrogens is 267 g/mol. The number of benzene rings is 1. The number of anilines is 1. The minimum atomic E-state index is -0.969. The van der Waals surface area contributed by atoms with Gasteiger partial charge in [-0.25, -0.2) is 4.98 Å². The van der Waals surface area contributed by atoms with Crippen LogP contribution in [0.15, 0.2) is 30.6 Å². The molecule has 1 aromatic carbocycles. The van der Waals surface area contributed by atoms with E-state index in [1.165, 1.54) is 18.5 Å². The van der Waals surface area contributed by atoms with Gasteiger partial charge >= 0.3 is 5.69 Å². The maximum absolute atomic E-state index is 13.1. The Morgan fingerprint density at radius 1 is 1.35 bits per heavy atom. The first-order chi connectivity index (χ1) is 9.47. The van der Waals surface area contributed by atoms with Gasteiger partial charge in [0.05, 0.1) is 16.8 Å². The first-order valence-electron chi connectivity index (χ1n) is 5.51. The van der Waals surface area contributed by atoms with Gasteiger partial charge in [-0.2, -0.15) is 4.39 Å².